The number of rotatable bonds is 6. The Kier molecular flexibility index (Phi) is 7.25. The summed E-state index contributed by atoms with van der Waals surface area (Å²) in [4.78, 5) is 13.7. The van der Waals surface area contributed by atoms with Crippen LogP contribution in [0.4, 0.5) is 4.79 Å². The first-order valence-corrected chi connectivity index (χ1v) is 6.60. The highest BCUT2D eigenvalue weighted by Gasteiger charge is 2.20. The highest BCUT2D eigenvalue weighted by molar-refractivity contribution is 5.67. The van der Waals surface area contributed by atoms with E-state index in [2.05, 4.69) is 24.1 Å². The zero-order chi connectivity index (χ0) is 14.3. The van der Waals surface area contributed by atoms with Gasteiger partial charge >= 0.3 is 6.09 Å². The zero-order valence-electron chi connectivity index (χ0n) is 12.6. The molecular formula is C13H29N3O2. The zero-order valence-corrected chi connectivity index (χ0v) is 12.6. The number of nitrogens with one attached hydrogen (secondary N) is 1. The van der Waals surface area contributed by atoms with Gasteiger partial charge in [0.05, 0.1) is 0 Å². The Labute approximate surface area is 111 Å². The van der Waals surface area contributed by atoms with Crippen LogP contribution >= 0.6 is 0 Å². The van der Waals surface area contributed by atoms with Crippen LogP contribution in [0.5, 0.6) is 0 Å². The first-order chi connectivity index (χ1) is 8.21. The van der Waals surface area contributed by atoms with Crippen molar-refractivity contribution in [2.45, 2.75) is 58.7 Å². The predicted octanol–water partition coefficient (Wildman–Crippen LogP) is 1.57. The van der Waals surface area contributed by atoms with Crippen molar-refractivity contribution in [1.82, 2.24) is 10.2 Å². The van der Waals surface area contributed by atoms with Gasteiger partial charge in [-0.15, -0.1) is 0 Å². The first-order valence-electron chi connectivity index (χ1n) is 6.60. The van der Waals surface area contributed by atoms with Crippen LogP contribution in [-0.4, -0.2) is 48.8 Å². The Balaban J connectivity index is 4.19. The molecule has 0 aromatic carbocycles. The van der Waals surface area contributed by atoms with Crippen LogP contribution in [0.3, 0.4) is 0 Å². The highest BCUT2D eigenvalue weighted by Crippen LogP contribution is 2.07. The molecule has 0 saturated heterocycles. The number of likely N-dealkylation sites (N-methyl/N-ethyl adjacent to an activating group) is 1. The second-order valence-corrected chi connectivity index (χ2v) is 5.70. The van der Waals surface area contributed by atoms with Crippen LogP contribution in [0.1, 0.15) is 41.0 Å². The topological polar surface area (TPSA) is 67.6 Å². The van der Waals surface area contributed by atoms with Gasteiger partial charge < -0.3 is 15.8 Å². The van der Waals surface area contributed by atoms with Gasteiger partial charge in [-0.3, -0.25) is 4.90 Å². The van der Waals surface area contributed by atoms with Gasteiger partial charge in [-0.05, 0) is 41.2 Å². The minimum atomic E-state index is -0.467. The molecule has 1 amide bonds. The van der Waals surface area contributed by atoms with Gasteiger partial charge in [-0.25, -0.2) is 4.79 Å². The Morgan fingerprint density at radius 1 is 1.44 bits per heavy atom. The Hall–Kier alpha value is -0.810. The monoisotopic (exact) mass is 259 g/mol. The summed E-state index contributed by atoms with van der Waals surface area (Å²) in [5, 5.41) is 2.77. The predicted molar refractivity (Wildman–Crippen MR) is 74.6 cm³/mol. The maximum Gasteiger partial charge on any atom is 0.407 e. The summed E-state index contributed by atoms with van der Waals surface area (Å²) < 4.78 is 5.19. The number of nitrogens with zero attached hydrogens (tertiary/aromatic N) is 1. The van der Waals surface area contributed by atoms with Crippen molar-refractivity contribution in [3.05, 3.63) is 0 Å². The standard InChI is InChI=1S/C13H29N3O2/c1-7-10(2)16(6)11(8-14)9-15-12(17)18-13(3,4)5/h10-11H,7-9,14H2,1-6H3,(H,15,17). The maximum absolute atomic E-state index is 11.5. The van der Waals surface area contributed by atoms with Crippen LogP contribution < -0.4 is 11.1 Å². The van der Waals surface area contributed by atoms with E-state index in [1.165, 1.54) is 0 Å². The molecule has 0 aromatic rings. The van der Waals surface area contributed by atoms with Crippen molar-refractivity contribution in [3.8, 4) is 0 Å². The fourth-order valence-electron chi connectivity index (χ4n) is 1.56. The van der Waals surface area contributed by atoms with E-state index >= 15 is 0 Å². The molecule has 0 fully saturated rings. The van der Waals surface area contributed by atoms with Crippen molar-refractivity contribution in [2.24, 2.45) is 5.73 Å². The molecule has 0 heterocycles. The molecule has 18 heavy (non-hydrogen) atoms. The average molecular weight is 259 g/mol. The summed E-state index contributed by atoms with van der Waals surface area (Å²) in [6, 6.07) is 0.575. The van der Waals surface area contributed by atoms with Gasteiger partial charge in [-0.2, -0.15) is 0 Å². The van der Waals surface area contributed by atoms with E-state index in [4.69, 9.17) is 10.5 Å². The van der Waals surface area contributed by atoms with Gasteiger partial charge in [-0.1, -0.05) is 6.92 Å². The third kappa shape index (κ3) is 6.81. The van der Waals surface area contributed by atoms with Crippen LogP contribution in [0.15, 0.2) is 0 Å². The number of carbonyl (C=O) groups excluding carboxylic acids is 1. The molecule has 5 heteroatoms. The summed E-state index contributed by atoms with van der Waals surface area (Å²) >= 11 is 0. The Morgan fingerprint density at radius 2 is 2.00 bits per heavy atom. The molecular weight excluding hydrogens is 230 g/mol. The lowest BCUT2D eigenvalue weighted by molar-refractivity contribution is 0.0506. The molecule has 0 aliphatic heterocycles. The maximum atomic E-state index is 11.5. The van der Waals surface area contributed by atoms with E-state index in [9.17, 15) is 4.79 Å². The second kappa shape index (κ2) is 7.59. The van der Waals surface area contributed by atoms with E-state index in [1.54, 1.807) is 0 Å². The molecule has 5 nitrogen and oxygen atoms in total. The molecule has 2 unspecified atom stereocenters. The lowest BCUT2D eigenvalue weighted by Gasteiger charge is -2.32. The van der Waals surface area contributed by atoms with Crippen LogP contribution in [-0.2, 0) is 4.74 Å². The highest BCUT2D eigenvalue weighted by atomic mass is 16.6. The summed E-state index contributed by atoms with van der Waals surface area (Å²) in [6.07, 6.45) is 0.665. The number of ether oxygens (including phenoxy) is 1. The molecule has 108 valence electrons. The number of amides is 1. The van der Waals surface area contributed by atoms with Crippen molar-refractivity contribution >= 4 is 6.09 Å². The fourth-order valence-corrected chi connectivity index (χ4v) is 1.56. The minimum Gasteiger partial charge on any atom is -0.444 e. The lowest BCUT2D eigenvalue weighted by Crippen LogP contribution is -2.50. The Morgan fingerprint density at radius 3 is 2.39 bits per heavy atom. The molecule has 0 rings (SSSR count). The summed E-state index contributed by atoms with van der Waals surface area (Å²) in [6.45, 7) is 10.8. The number of carbonyl (C=O) groups is 1. The molecule has 2 atom stereocenters. The number of hydrogen-bond acceptors (Lipinski definition) is 4. The van der Waals surface area contributed by atoms with Crippen LogP contribution in [0.2, 0.25) is 0 Å². The molecule has 0 bridgehead atoms. The van der Waals surface area contributed by atoms with E-state index in [0.717, 1.165) is 6.42 Å². The summed E-state index contributed by atoms with van der Waals surface area (Å²) in [7, 11) is 2.03. The van der Waals surface area contributed by atoms with E-state index in [1.807, 2.05) is 27.8 Å². The third-order valence-corrected chi connectivity index (χ3v) is 3.02. The van der Waals surface area contributed by atoms with Gasteiger partial charge in [0.15, 0.2) is 0 Å². The second-order valence-electron chi connectivity index (χ2n) is 5.70. The minimum absolute atomic E-state index is 0.132. The smallest absolute Gasteiger partial charge is 0.407 e. The number of alkyl carbamates (subject to hydrolysis) is 1. The van der Waals surface area contributed by atoms with Crippen LogP contribution in [0.25, 0.3) is 0 Å². The van der Waals surface area contributed by atoms with Crippen LogP contribution in [0, 0.1) is 0 Å². The average Bonchev–Trinajstić information content (AvgIpc) is 2.26. The lowest BCUT2D eigenvalue weighted by atomic mass is 10.1. The molecule has 0 saturated carbocycles. The van der Waals surface area contributed by atoms with Gasteiger partial charge in [0.1, 0.15) is 5.60 Å². The largest absolute Gasteiger partial charge is 0.444 e. The molecule has 0 radical (unpaired) electrons. The molecule has 0 aliphatic carbocycles. The van der Waals surface area contributed by atoms with Crippen molar-refractivity contribution in [3.63, 3.8) is 0 Å². The first kappa shape index (κ1) is 17.2. The summed E-state index contributed by atoms with van der Waals surface area (Å²) in [5.74, 6) is 0. The van der Waals surface area contributed by atoms with Crippen molar-refractivity contribution in [2.75, 3.05) is 20.1 Å². The third-order valence-electron chi connectivity index (χ3n) is 3.02. The Bertz CT molecular complexity index is 251. The molecule has 3 N–H and O–H groups in total. The van der Waals surface area contributed by atoms with Gasteiger partial charge in [0, 0.05) is 25.2 Å². The van der Waals surface area contributed by atoms with E-state index in [0.29, 0.717) is 19.1 Å². The number of nitrogens with two attached hydrogens (primary N) is 1. The van der Waals surface area contributed by atoms with Gasteiger partial charge in [0.2, 0.25) is 0 Å². The van der Waals surface area contributed by atoms with E-state index in [-0.39, 0.29) is 6.04 Å². The summed E-state index contributed by atoms with van der Waals surface area (Å²) in [5.41, 5.74) is 5.28. The normalized spacial score (nSPS) is 15.3. The fraction of sp³-hybridized carbons (Fsp3) is 0.923. The quantitative estimate of drug-likeness (QED) is 0.760. The molecule has 0 spiro atoms. The molecule has 0 aliphatic rings. The SMILES string of the molecule is CCC(C)N(C)C(CN)CNC(=O)OC(C)(C)C. The van der Waals surface area contributed by atoms with Crippen molar-refractivity contribution in [1.29, 1.82) is 0 Å². The molecule has 0 aromatic heterocycles. The van der Waals surface area contributed by atoms with Crippen molar-refractivity contribution < 1.29 is 9.53 Å². The number of hydrogen-bond donors (Lipinski definition) is 2. The van der Waals surface area contributed by atoms with E-state index < -0.39 is 11.7 Å². The van der Waals surface area contributed by atoms with Gasteiger partial charge in [0.25, 0.3) is 0 Å².